The SMILES string of the molecule is CCC1COC(C)(CC)OC1.CCCC1COC(C)(CC)O1. The summed E-state index contributed by atoms with van der Waals surface area (Å²) < 4.78 is 22.4. The van der Waals surface area contributed by atoms with Crippen molar-refractivity contribution < 1.29 is 18.9 Å². The molecule has 2 heterocycles. The molecule has 0 aromatic rings. The molecule has 2 atom stereocenters. The van der Waals surface area contributed by atoms with Crippen LogP contribution in [0, 0.1) is 5.92 Å². The highest BCUT2D eigenvalue weighted by Crippen LogP contribution is 2.28. The average molecular weight is 316 g/mol. The van der Waals surface area contributed by atoms with E-state index in [4.69, 9.17) is 18.9 Å². The quantitative estimate of drug-likeness (QED) is 0.747. The van der Waals surface area contributed by atoms with Crippen LogP contribution in [0.2, 0.25) is 0 Å². The molecule has 0 aromatic heterocycles. The van der Waals surface area contributed by atoms with Crippen molar-refractivity contribution in [2.45, 2.75) is 91.3 Å². The van der Waals surface area contributed by atoms with Gasteiger partial charge in [0.05, 0.1) is 25.9 Å². The maximum Gasteiger partial charge on any atom is 0.165 e. The van der Waals surface area contributed by atoms with Crippen molar-refractivity contribution in [3.63, 3.8) is 0 Å². The predicted molar refractivity (Wildman–Crippen MR) is 88.8 cm³/mol. The summed E-state index contributed by atoms with van der Waals surface area (Å²) in [5.41, 5.74) is 0. The molecule has 2 fully saturated rings. The maximum absolute atomic E-state index is 5.72. The van der Waals surface area contributed by atoms with Gasteiger partial charge in [0, 0.05) is 5.92 Å². The maximum atomic E-state index is 5.72. The summed E-state index contributed by atoms with van der Waals surface area (Å²) in [7, 11) is 0. The first kappa shape index (κ1) is 19.9. The topological polar surface area (TPSA) is 36.9 Å². The zero-order valence-electron chi connectivity index (χ0n) is 15.4. The van der Waals surface area contributed by atoms with Gasteiger partial charge in [0.1, 0.15) is 0 Å². The summed E-state index contributed by atoms with van der Waals surface area (Å²) in [6.07, 6.45) is 5.66. The molecule has 4 nitrogen and oxygen atoms in total. The number of rotatable bonds is 5. The minimum absolute atomic E-state index is 0.292. The van der Waals surface area contributed by atoms with Crippen LogP contribution in [0.5, 0.6) is 0 Å². The normalized spacial score (nSPS) is 38.5. The highest BCUT2D eigenvalue weighted by atomic mass is 16.7. The van der Waals surface area contributed by atoms with Gasteiger partial charge >= 0.3 is 0 Å². The Bertz CT molecular complexity index is 295. The van der Waals surface area contributed by atoms with Gasteiger partial charge in [-0.2, -0.15) is 0 Å². The fraction of sp³-hybridized carbons (Fsp3) is 1.00. The Labute approximate surface area is 136 Å². The van der Waals surface area contributed by atoms with E-state index in [0.717, 1.165) is 45.5 Å². The van der Waals surface area contributed by atoms with Gasteiger partial charge in [0.25, 0.3) is 0 Å². The zero-order valence-corrected chi connectivity index (χ0v) is 15.4. The van der Waals surface area contributed by atoms with E-state index in [1.807, 2.05) is 13.8 Å². The molecule has 4 heteroatoms. The van der Waals surface area contributed by atoms with Crippen molar-refractivity contribution in [1.29, 1.82) is 0 Å². The Kier molecular flexibility index (Phi) is 8.33. The van der Waals surface area contributed by atoms with E-state index < -0.39 is 0 Å². The minimum Gasteiger partial charge on any atom is -0.350 e. The van der Waals surface area contributed by atoms with Crippen LogP contribution in [0.1, 0.15) is 73.6 Å². The Morgan fingerprint density at radius 3 is 1.77 bits per heavy atom. The molecule has 0 bridgehead atoms. The average Bonchev–Trinajstić information content (AvgIpc) is 2.91. The first-order valence-corrected chi connectivity index (χ1v) is 8.99. The molecule has 2 rings (SSSR count). The van der Waals surface area contributed by atoms with Crippen LogP contribution in [0.3, 0.4) is 0 Å². The van der Waals surface area contributed by atoms with E-state index in [1.165, 1.54) is 6.42 Å². The van der Waals surface area contributed by atoms with Crippen LogP contribution < -0.4 is 0 Å². The molecule has 2 saturated heterocycles. The number of ether oxygens (including phenoxy) is 4. The fourth-order valence-electron chi connectivity index (χ4n) is 2.46. The van der Waals surface area contributed by atoms with E-state index in [9.17, 15) is 0 Å². The lowest BCUT2D eigenvalue weighted by atomic mass is 10.1. The molecule has 0 saturated carbocycles. The van der Waals surface area contributed by atoms with Crippen molar-refractivity contribution in [2.24, 2.45) is 5.92 Å². The largest absolute Gasteiger partial charge is 0.350 e. The van der Waals surface area contributed by atoms with Crippen LogP contribution in [0.15, 0.2) is 0 Å². The zero-order chi connectivity index (χ0) is 16.6. The third-order valence-corrected chi connectivity index (χ3v) is 4.71. The molecular weight excluding hydrogens is 280 g/mol. The molecule has 0 spiro atoms. The second-order valence-electron chi connectivity index (χ2n) is 6.71. The van der Waals surface area contributed by atoms with E-state index >= 15 is 0 Å². The molecule has 2 aliphatic heterocycles. The van der Waals surface area contributed by atoms with Crippen LogP contribution in [-0.2, 0) is 18.9 Å². The summed E-state index contributed by atoms with van der Waals surface area (Å²) in [5, 5.41) is 0. The lowest BCUT2D eigenvalue weighted by Gasteiger charge is -2.36. The Morgan fingerprint density at radius 1 is 0.818 bits per heavy atom. The summed E-state index contributed by atoms with van der Waals surface area (Å²) >= 11 is 0. The molecule has 0 aromatic carbocycles. The van der Waals surface area contributed by atoms with Gasteiger partial charge in [0.15, 0.2) is 11.6 Å². The molecule has 132 valence electrons. The lowest BCUT2D eigenvalue weighted by Crippen LogP contribution is -2.41. The van der Waals surface area contributed by atoms with Gasteiger partial charge in [0.2, 0.25) is 0 Å². The van der Waals surface area contributed by atoms with E-state index in [0.29, 0.717) is 12.0 Å². The van der Waals surface area contributed by atoms with Gasteiger partial charge in [-0.05, 0) is 39.5 Å². The summed E-state index contributed by atoms with van der Waals surface area (Å²) in [4.78, 5) is 0. The van der Waals surface area contributed by atoms with Crippen molar-refractivity contribution in [2.75, 3.05) is 19.8 Å². The third-order valence-electron chi connectivity index (χ3n) is 4.71. The second-order valence-corrected chi connectivity index (χ2v) is 6.71. The highest BCUT2D eigenvalue weighted by molar-refractivity contribution is 4.73. The van der Waals surface area contributed by atoms with Crippen molar-refractivity contribution in [3.8, 4) is 0 Å². The van der Waals surface area contributed by atoms with E-state index in [2.05, 4.69) is 27.7 Å². The molecule has 0 N–H and O–H groups in total. The Balaban J connectivity index is 0.000000220. The second kappa shape index (κ2) is 9.21. The summed E-state index contributed by atoms with van der Waals surface area (Å²) in [6.45, 7) is 15.1. The predicted octanol–water partition coefficient (Wildman–Crippen LogP) is 4.51. The minimum atomic E-state index is -0.300. The van der Waals surface area contributed by atoms with Gasteiger partial charge in [-0.25, -0.2) is 0 Å². The van der Waals surface area contributed by atoms with Gasteiger partial charge in [-0.15, -0.1) is 0 Å². The van der Waals surface area contributed by atoms with Crippen molar-refractivity contribution in [1.82, 2.24) is 0 Å². The first-order chi connectivity index (χ1) is 10.4. The fourth-order valence-corrected chi connectivity index (χ4v) is 2.46. The third kappa shape index (κ3) is 6.15. The standard InChI is InChI=1S/2C9H18O2/c1-4-8-6-10-9(3,5-2)11-7-8;1-4-6-8-7-10-9(3,5-2)11-8/h2*8H,4-7H2,1-3H3. The van der Waals surface area contributed by atoms with Crippen LogP contribution in [0.4, 0.5) is 0 Å². The Morgan fingerprint density at radius 2 is 1.36 bits per heavy atom. The molecule has 2 aliphatic rings. The van der Waals surface area contributed by atoms with Crippen molar-refractivity contribution >= 4 is 0 Å². The highest BCUT2D eigenvalue weighted by Gasteiger charge is 2.34. The first-order valence-electron chi connectivity index (χ1n) is 8.99. The van der Waals surface area contributed by atoms with E-state index in [1.54, 1.807) is 0 Å². The van der Waals surface area contributed by atoms with Crippen molar-refractivity contribution in [3.05, 3.63) is 0 Å². The number of hydrogen-bond acceptors (Lipinski definition) is 4. The molecule has 0 aliphatic carbocycles. The molecular formula is C18H36O4. The van der Waals surface area contributed by atoms with Gasteiger partial charge in [-0.3, -0.25) is 0 Å². The summed E-state index contributed by atoms with van der Waals surface area (Å²) in [5.74, 6) is 0.0144. The van der Waals surface area contributed by atoms with E-state index in [-0.39, 0.29) is 11.6 Å². The molecule has 0 radical (unpaired) electrons. The molecule has 2 unspecified atom stereocenters. The van der Waals surface area contributed by atoms with Gasteiger partial charge < -0.3 is 18.9 Å². The molecule has 0 amide bonds. The molecule has 22 heavy (non-hydrogen) atoms. The monoisotopic (exact) mass is 316 g/mol. The smallest absolute Gasteiger partial charge is 0.165 e. The van der Waals surface area contributed by atoms with Gasteiger partial charge in [-0.1, -0.05) is 34.1 Å². The van der Waals surface area contributed by atoms with Crippen LogP contribution in [-0.4, -0.2) is 37.5 Å². The van der Waals surface area contributed by atoms with Crippen LogP contribution in [0.25, 0.3) is 0 Å². The Hall–Kier alpha value is -0.160. The lowest BCUT2D eigenvalue weighted by molar-refractivity contribution is -0.273. The number of hydrogen-bond donors (Lipinski definition) is 0. The van der Waals surface area contributed by atoms with Crippen LogP contribution >= 0.6 is 0 Å². The summed E-state index contributed by atoms with van der Waals surface area (Å²) in [6, 6.07) is 0.